The predicted octanol–water partition coefficient (Wildman–Crippen LogP) is 12.4. The van der Waals surface area contributed by atoms with Gasteiger partial charge in [-0.3, -0.25) is 9.05 Å². The van der Waals surface area contributed by atoms with Gasteiger partial charge in [-0.05, 0) is 51.7 Å². The fourth-order valence-electron chi connectivity index (χ4n) is 5.70. The first-order chi connectivity index (χ1) is 20.6. The van der Waals surface area contributed by atoms with E-state index < -0.39 is 7.82 Å². The van der Waals surface area contributed by atoms with Crippen LogP contribution in [-0.2, 0) is 13.6 Å². The molecule has 1 N–H and O–H groups in total. The zero-order valence-electron chi connectivity index (χ0n) is 28.9. The molecule has 0 amide bonds. The van der Waals surface area contributed by atoms with E-state index in [4.69, 9.17) is 9.05 Å². The Morgan fingerprint density at radius 3 is 0.929 bits per heavy atom. The maximum absolute atomic E-state index is 12.1. The molecule has 0 saturated heterocycles. The molecule has 5 nitrogen and oxygen atoms in total. The third kappa shape index (κ3) is 33.0. The average Bonchev–Trinajstić information content (AvgIpc) is 2.98. The molecule has 0 aliphatic carbocycles. The molecule has 254 valence electrons. The Hall–Kier alpha value is 0.0700. The zero-order chi connectivity index (χ0) is 30.8. The van der Waals surface area contributed by atoms with Crippen LogP contribution < -0.4 is 0 Å². The van der Waals surface area contributed by atoms with E-state index in [1.807, 2.05) is 0 Å². The summed E-state index contributed by atoms with van der Waals surface area (Å²) >= 11 is 0. The van der Waals surface area contributed by atoms with E-state index >= 15 is 0 Å². The van der Waals surface area contributed by atoms with Crippen molar-refractivity contribution in [3.8, 4) is 0 Å². The lowest BCUT2D eigenvalue weighted by Crippen LogP contribution is -2.27. The summed E-state index contributed by atoms with van der Waals surface area (Å²) in [6.45, 7) is 11.1. The standard InChI is InChI=1S/C36H76NO4P/c1-4-7-10-13-16-18-20-22-27-32-37(33-28-23-21-19-17-14-11-8-5-2)34-29-24-26-31-36-41-42(38,39)40-35-30-25-15-12-9-6-3/h4-36H2,1-3H3,(H,38,39). The second kappa shape index (κ2) is 34.0. The third-order valence-corrected chi connectivity index (χ3v) is 9.55. The van der Waals surface area contributed by atoms with Crippen LogP contribution in [0.1, 0.15) is 201 Å². The van der Waals surface area contributed by atoms with Gasteiger partial charge in [-0.2, -0.15) is 0 Å². The molecular weight excluding hydrogens is 541 g/mol. The number of hydrogen-bond donors (Lipinski definition) is 1. The molecule has 0 saturated carbocycles. The summed E-state index contributed by atoms with van der Waals surface area (Å²) in [5, 5.41) is 0. The SMILES string of the molecule is CCCCCCCCCCCN(CCCCCCCCCCC)CCCCCCOP(=O)(O)OCCCCCCCC. The van der Waals surface area contributed by atoms with Crippen LogP contribution in [0, 0.1) is 0 Å². The Morgan fingerprint density at radius 2 is 0.643 bits per heavy atom. The second-order valence-corrected chi connectivity index (χ2v) is 14.3. The Morgan fingerprint density at radius 1 is 0.405 bits per heavy atom. The number of phosphoric ester groups is 1. The molecule has 42 heavy (non-hydrogen) atoms. The molecule has 0 aromatic rings. The number of nitrogens with zero attached hydrogens (tertiary/aromatic N) is 1. The molecule has 0 aromatic heterocycles. The van der Waals surface area contributed by atoms with Crippen LogP contribution in [0.3, 0.4) is 0 Å². The molecule has 0 aliphatic heterocycles. The summed E-state index contributed by atoms with van der Waals surface area (Å²) in [6.07, 6.45) is 36.0. The van der Waals surface area contributed by atoms with E-state index in [0.29, 0.717) is 13.2 Å². The van der Waals surface area contributed by atoms with Crippen LogP contribution in [0.2, 0.25) is 0 Å². The first-order valence-electron chi connectivity index (χ1n) is 18.9. The molecule has 0 bridgehead atoms. The van der Waals surface area contributed by atoms with Gasteiger partial charge in [0.05, 0.1) is 13.2 Å². The number of phosphoric acid groups is 1. The first kappa shape index (κ1) is 42.1. The molecule has 6 heteroatoms. The fraction of sp³-hybridized carbons (Fsp3) is 1.00. The van der Waals surface area contributed by atoms with Crippen molar-refractivity contribution in [2.75, 3.05) is 32.8 Å². The highest BCUT2D eigenvalue weighted by Crippen LogP contribution is 2.43. The lowest BCUT2D eigenvalue weighted by Gasteiger charge is -2.22. The zero-order valence-corrected chi connectivity index (χ0v) is 29.8. The molecule has 0 radical (unpaired) electrons. The van der Waals surface area contributed by atoms with Crippen LogP contribution in [0.5, 0.6) is 0 Å². The van der Waals surface area contributed by atoms with Crippen molar-refractivity contribution in [1.29, 1.82) is 0 Å². The van der Waals surface area contributed by atoms with Crippen molar-refractivity contribution in [2.24, 2.45) is 0 Å². The third-order valence-electron chi connectivity index (χ3n) is 8.53. The fourth-order valence-corrected chi connectivity index (χ4v) is 6.49. The highest BCUT2D eigenvalue weighted by Gasteiger charge is 2.20. The summed E-state index contributed by atoms with van der Waals surface area (Å²) in [6, 6.07) is 0. The maximum atomic E-state index is 12.1. The Labute approximate surface area is 264 Å². The highest BCUT2D eigenvalue weighted by molar-refractivity contribution is 7.47. The summed E-state index contributed by atoms with van der Waals surface area (Å²) in [4.78, 5) is 12.6. The van der Waals surface area contributed by atoms with Crippen LogP contribution in [0.4, 0.5) is 0 Å². The van der Waals surface area contributed by atoms with Crippen molar-refractivity contribution in [1.82, 2.24) is 4.90 Å². The summed E-state index contributed by atoms with van der Waals surface area (Å²) in [5.74, 6) is 0. The van der Waals surface area contributed by atoms with E-state index in [2.05, 4.69) is 25.7 Å². The van der Waals surface area contributed by atoms with Crippen molar-refractivity contribution in [2.45, 2.75) is 201 Å². The molecule has 0 spiro atoms. The minimum Gasteiger partial charge on any atom is -0.303 e. The number of unbranched alkanes of at least 4 members (excludes halogenated alkanes) is 24. The molecular formula is C36H76NO4P. The normalized spacial score (nSPS) is 13.3. The van der Waals surface area contributed by atoms with Gasteiger partial charge in [0.15, 0.2) is 0 Å². The van der Waals surface area contributed by atoms with Crippen molar-refractivity contribution in [3.05, 3.63) is 0 Å². The van der Waals surface area contributed by atoms with Crippen LogP contribution in [0.15, 0.2) is 0 Å². The quantitative estimate of drug-likeness (QED) is 0.0560. The molecule has 1 atom stereocenters. The van der Waals surface area contributed by atoms with Crippen molar-refractivity contribution >= 4 is 7.82 Å². The van der Waals surface area contributed by atoms with Crippen molar-refractivity contribution in [3.63, 3.8) is 0 Å². The van der Waals surface area contributed by atoms with E-state index in [9.17, 15) is 9.46 Å². The van der Waals surface area contributed by atoms with Gasteiger partial charge in [-0.1, -0.05) is 168 Å². The lowest BCUT2D eigenvalue weighted by atomic mass is 10.1. The van der Waals surface area contributed by atoms with Gasteiger partial charge in [-0.15, -0.1) is 0 Å². The number of hydrogen-bond acceptors (Lipinski definition) is 4. The molecule has 0 aliphatic rings. The molecule has 0 fully saturated rings. The van der Waals surface area contributed by atoms with Gasteiger partial charge in [0.2, 0.25) is 0 Å². The van der Waals surface area contributed by atoms with Gasteiger partial charge < -0.3 is 9.79 Å². The van der Waals surface area contributed by atoms with E-state index in [-0.39, 0.29) is 0 Å². The van der Waals surface area contributed by atoms with Gasteiger partial charge in [0.1, 0.15) is 0 Å². The summed E-state index contributed by atoms with van der Waals surface area (Å²) in [5.41, 5.74) is 0. The maximum Gasteiger partial charge on any atom is 0.472 e. The minimum atomic E-state index is -3.89. The molecule has 0 rings (SSSR count). The largest absolute Gasteiger partial charge is 0.472 e. The summed E-state index contributed by atoms with van der Waals surface area (Å²) < 4.78 is 22.4. The van der Waals surface area contributed by atoms with E-state index in [1.165, 1.54) is 167 Å². The Balaban J connectivity index is 4.02. The van der Waals surface area contributed by atoms with Crippen molar-refractivity contribution < 1.29 is 18.5 Å². The molecule has 0 heterocycles. The number of rotatable bonds is 36. The van der Waals surface area contributed by atoms with Gasteiger partial charge in [0, 0.05) is 0 Å². The second-order valence-electron chi connectivity index (χ2n) is 12.8. The minimum absolute atomic E-state index is 0.310. The van der Waals surface area contributed by atoms with Gasteiger partial charge >= 0.3 is 7.82 Å². The average molecular weight is 618 g/mol. The smallest absolute Gasteiger partial charge is 0.303 e. The van der Waals surface area contributed by atoms with E-state index in [0.717, 1.165) is 32.1 Å². The van der Waals surface area contributed by atoms with Gasteiger partial charge in [0.25, 0.3) is 0 Å². The van der Waals surface area contributed by atoms with Crippen LogP contribution in [0.25, 0.3) is 0 Å². The van der Waals surface area contributed by atoms with E-state index in [1.54, 1.807) is 0 Å². The Kier molecular flexibility index (Phi) is 34.0. The topological polar surface area (TPSA) is 59.0 Å². The predicted molar refractivity (Wildman–Crippen MR) is 184 cm³/mol. The first-order valence-corrected chi connectivity index (χ1v) is 20.4. The summed E-state index contributed by atoms with van der Waals surface area (Å²) in [7, 11) is -3.89. The van der Waals surface area contributed by atoms with Gasteiger partial charge in [-0.25, -0.2) is 4.57 Å². The monoisotopic (exact) mass is 618 g/mol. The molecule has 1 unspecified atom stereocenters. The van der Waals surface area contributed by atoms with Crippen LogP contribution in [-0.4, -0.2) is 42.6 Å². The lowest BCUT2D eigenvalue weighted by molar-refractivity contribution is 0.145. The highest BCUT2D eigenvalue weighted by atomic mass is 31.2. The Bertz CT molecular complexity index is 541. The molecule has 0 aromatic carbocycles. The van der Waals surface area contributed by atoms with Crippen LogP contribution >= 0.6 is 7.82 Å².